The summed E-state index contributed by atoms with van der Waals surface area (Å²) in [5.41, 5.74) is 1.57. The number of nitrogens with one attached hydrogen (secondary N) is 2. The number of hydrogen-bond donors (Lipinski definition) is 3. The van der Waals surface area contributed by atoms with E-state index in [1.807, 2.05) is 18.2 Å². The van der Waals surface area contributed by atoms with Gasteiger partial charge in [-0.15, -0.1) is 0 Å². The van der Waals surface area contributed by atoms with Gasteiger partial charge in [-0.05, 0) is 43.4 Å². The molecule has 0 aromatic heterocycles. The van der Waals surface area contributed by atoms with E-state index >= 15 is 0 Å². The first-order chi connectivity index (χ1) is 11.5. The van der Waals surface area contributed by atoms with Crippen molar-refractivity contribution in [1.29, 1.82) is 0 Å². The van der Waals surface area contributed by atoms with Crippen LogP contribution in [0.2, 0.25) is 0 Å². The molecule has 0 spiro atoms. The minimum Gasteiger partial charge on any atom is -0.481 e. The highest BCUT2D eigenvalue weighted by Crippen LogP contribution is 2.29. The summed E-state index contributed by atoms with van der Waals surface area (Å²) >= 11 is 0. The van der Waals surface area contributed by atoms with Crippen LogP contribution in [0.15, 0.2) is 24.3 Å². The normalized spacial score (nSPS) is 20.2. The van der Waals surface area contributed by atoms with Gasteiger partial charge < -0.3 is 15.7 Å². The molecule has 2 rings (SSSR count). The van der Waals surface area contributed by atoms with E-state index in [9.17, 15) is 14.4 Å². The van der Waals surface area contributed by atoms with Gasteiger partial charge in [0.2, 0.25) is 5.91 Å². The number of hydrogen-bond acceptors (Lipinski definition) is 3. The van der Waals surface area contributed by atoms with Crippen molar-refractivity contribution in [2.45, 2.75) is 32.1 Å². The molecule has 0 aliphatic heterocycles. The first kappa shape index (κ1) is 18.0. The van der Waals surface area contributed by atoms with Crippen LogP contribution >= 0.6 is 0 Å². The molecule has 1 aromatic carbocycles. The molecule has 1 aliphatic carbocycles. The van der Waals surface area contributed by atoms with Crippen LogP contribution in [0.3, 0.4) is 0 Å². The van der Waals surface area contributed by atoms with Crippen molar-refractivity contribution >= 4 is 17.8 Å². The zero-order chi connectivity index (χ0) is 17.5. The molecule has 0 heterocycles. The molecule has 2 unspecified atom stereocenters. The maximum Gasteiger partial charge on any atom is 0.306 e. The van der Waals surface area contributed by atoms with Crippen molar-refractivity contribution in [2.24, 2.45) is 11.8 Å². The van der Waals surface area contributed by atoms with Crippen LogP contribution in [-0.4, -0.2) is 36.5 Å². The number of carboxylic acids is 1. The molecule has 3 N–H and O–H groups in total. The lowest BCUT2D eigenvalue weighted by Crippen LogP contribution is -2.36. The number of carbonyl (C=O) groups is 3. The number of aliphatic carboxylic acids is 1. The lowest BCUT2D eigenvalue weighted by Gasteiger charge is -2.25. The van der Waals surface area contributed by atoms with Crippen molar-refractivity contribution in [2.75, 3.05) is 13.6 Å². The SMILES string of the molecule is CNC(=O)c1cccc(CCNC(=O)C2CCCC(C(=O)O)C2)c1. The molecular weight excluding hydrogens is 308 g/mol. The van der Waals surface area contributed by atoms with Gasteiger partial charge in [-0.2, -0.15) is 0 Å². The second kappa shape index (κ2) is 8.47. The second-order valence-corrected chi connectivity index (χ2v) is 6.22. The van der Waals surface area contributed by atoms with Crippen LogP contribution in [0.1, 0.15) is 41.6 Å². The lowest BCUT2D eigenvalue weighted by atomic mass is 9.81. The Kier molecular flexibility index (Phi) is 6.35. The Hall–Kier alpha value is -2.37. The van der Waals surface area contributed by atoms with Crippen LogP contribution in [0.4, 0.5) is 0 Å². The van der Waals surface area contributed by atoms with E-state index in [4.69, 9.17) is 5.11 Å². The highest BCUT2D eigenvalue weighted by Gasteiger charge is 2.30. The smallest absolute Gasteiger partial charge is 0.306 e. The van der Waals surface area contributed by atoms with Crippen LogP contribution in [-0.2, 0) is 16.0 Å². The first-order valence-electron chi connectivity index (χ1n) is 8.32. The van der Waals surface area contributed by atoms with Crippen LogP contribution in [0.25, 0.3) is 0 Å². The molecule has 0 saturated heterocycles. The third-order valence-corrected chi connectivity index (χ3v) is 4.52. The molecule has 6 heteroatoms. The Balaban J connectivity index is 1.82. The van der Waals surface area contributed by atoms with Crippen molar-refractivity contribution < 1.29 is 19.5 Å². The summed E-state index contributed by atoms with van der Waals surface area (Å²) in [4.78, 5) is 34.9. The zero-order valence-electron chi connectivity index (χ0n) is 13.9. The van der Waals surface area contributed by atoms with E-state index in [2.05, 4.69) is 10.6 Å². The average Bonchev–Trinajstić information content (AvgIpc) is 2.61. The highest BCUT2D eigenvalue weighted by atomic mass is 16.4. The molecule has 1 aliphatic rings. The minimum atomic E-state index is -0.807. The van der Waals surface area contributed by atoms with E-state index in [0.29, 0.717) is 31.4 Å². The third-order valence-electron chi connectivity index (χ3n) is 4.52. The van der Waals surface area contributed by atoms with Crippen LogP contribution < -0.4 is 10.6 Å². The molecule has 0 bridgehead atoms. The summed E-state index contributed by atoms with van der Waals surface area (Å²) in [7, 11) is 1.59. The maximum absolute atomic E-state index is 12.2. The topological polar surface area (TPSA) is 95.5 Å². The fourth-order valence-corrected chi connectivity index (χ4v) is 3.14. The van der Waals surface area contributed by atoms with Gasteiger partial charge in [-0.1, -0.05) is 18.6 Å². The predicted octanol–water partition coefficient (Wildman–Crippen LogP) is 1.60. The molecule has 1 aromatic rings. The first-order valence-corrected chi connectivity index (χ1v) is 8.32. The Bertz CT molecular complexity index is 615. The molecular formula is C18H24N2O4. The molecule has 2 atom stereocenters. The van der Waals surface area contributed by atoms with Gasteiger partial charge in [0.25, 0.3) is 5.91 Å². The summed E-state index contributed by atoms with van der Waals surface area (Å²) < 4.78 is 0. The largest absolute Gasteiger partial charge is 0.481 e. The van der Waals surface area contributed by atoms with Gasteiger partial charge in [0.05, 0.1) is 5.92 Å². The monoisotopic (exact) mass is 332 g/mol. The van der Waals surface area contributed by atoms with Crippen molar-refractivity contribution in [1.82, 2.24) is 10.6 Å². The van der Waals surface area contributed by atoms with E-state index in [1.54, 1.807) is 13.1 Å². The average molecular weight is 332 g/mol. The van der Waals surface area contributed by atoms with Crippen LogP contribution in [0.5, 0.6) is 0 Å². The Morgan fingerprint density at radius 3 is 2.67 bits per heavy atom. The highest BCUT2D eigenvalue weighted by molar-refractivity contribution is 5.94. The number of carboxylic acid groups (broad SMARTS) is 1. The fraction of sp³-hybridized carbons (Fsp3) is 0.500. The van der Waals surface area contributed by atoms with Gasteiger partial charge in [0.1, 0.15) is 0 Å². The number of carbonyl (C=O) groups excluding carboxylic acids is 2. The molecule has 1 saturated carbocycles. The quantitative estimate of drug-likeness (QED) is 0.737. The van der Waals surface area contributed by atoms with Gasteiger partial charge in [0, 0.05) is 25.1 Å². The number of amides is 2. The summed E-state index contributed by atoms with van der Waals surface area (Å²) in [5, 5.41) is 14.6. The molecule has 6 nitrogen and oxygen atoms in total. The van der Waals surface area contributed by atoms with E-state index in [-0.39, 0.29) is 17.7 Å². The van der Waals surface area contributed by atoms with Gasteiger partial charge in [0.15, 0.2) is 0 Å². The summed E-state index contributed by atoms with van der Waals surface area (Å²) in [6.07, 6.45) is 3.25. The number of rotatable bonds is 6. The van der Waals surface area contributed by atoms with Crippen LogP contribution in [0, 0.1) is 11.8 Å². The maximum atomic E-state index is 12.2. The standard InChI is InChI=1S/C18H24N2O4/c1-19-16(21)13-5-2-4-12(10-13)8-9-20-17(22)14-6-3-7-15(11-14)18(23)24/h2,4-5,10,14-15H,3,6-9,11H2,1H3,(H,19,21)(H,20,22)(H,23,24). The predicted molar refractivity (Wildman–Crippen MR) is 89.6 cm³/mol. The molecule has 0 radical (unpaired) electrons. The molecule has 130 valence electrons. The van der Waals surface area contributed by atoms with Crippen molar-refractivity contribution in [3.05, 3.63) is 35.4 Å². The van der Waals surface area contributed by atoms with E-state index in [1.165, 1.54) is 0 Å². The second-order valence-electron chi connectivity index (χ2n) is 6.22. The Morgan fingerprint density at radius 2 is 1.96 bits per heavy atom. The van der Waals surface area contributed by atoms with Gasteiger partial charge in [-0.25, -0.2) is 0 Å². The summed E-state index contributed by atoms with van der Waals surface area (Å²) in [5.74, 6) is -1.62. The Labute approximate surface area is 141 Å². The summed E-state index contributed by atoms with van der Waals surface area (Å²) in [6.45, 7) is 0.476. The Morgan fingerprint density at radius 1 is 1.21 bits per heavy atom. The molecule has 1 fully saturated rings. The van der Waals surface area contributed by atoms with Gasteiger partial charge in [-0.3, -0.25) is 14.4 Å². The lowest BCUT2D eigenvalue weighted by molar-refractivity contribution is -0.144. The number of benzene rings is 1. The van der Waals surface area contributed by atoms with E-state index in [0.717, 1.165) is 18.4 Å². The van der Waals surface area contributed by atoms with Crippen molar-refractivity contribution in [3.8, 4) is 0 Å². The van der Waals surface area contributed by atoms with Crippen molar-refractivity contribution in [3.63, 3.8) is 0 Å². The molecule has 24 heavy (non-hydrogen) atoms. The van der Waals surface area contributed by atoms with E-state index < -0.39 is 11.9 Å². The fourth-order valence-electron chi connectivity index (χ4n) is 3.14. The minimum absolute atomic E-state index is 0.0663. The molecule has 2 amide bonds. The third kappa shape index (κ3) is 4.81. The zero-order valence-corrected chi connectivity index (χ0v) is 13.9. The van der Waals surface area contributed by atoms with Gasteiger partial charge >= 0.3 is 5.97 Å². The summed E-state index contributed by atoms with van der Waals surface area (Å²) in [6, 6.07) is 7.29.